The predicted octanol–water partition coefficient (Wildman–Crippen LogP) is 3.82. The third kappa shape index (κ3) is 7.48. The summed E-state index contributed by atoms with van der Waals surface area (Å²) in [6.07, 6.45) is 4.83. The molecule has 2 aromatic rings. The van der Waals surface area contributed by atoms with E-state index in [1.165, 1.54) is 24.6 Å². The Bertz CT molecular complexity index is 1330. The Morgan fingerprint density at radius 3 is 2.51 bits per heavy atom. The molecule has 1 saturated carbocycles. The molecule has 12 heteroatoms. The molecule has 4 rings (SSSR count). The van der Waals surface area contributed by atoms with Gasteiger partial charge in [-0.15, -0.1) is 0 Å². The number of amides is 3. The van der Waals surface area contributed by atoms with Crippen molar-refractivity contribution in [1.82, 2.24) is 15.1 Å². The Kier molecular flexibility index (Phi) is 9.75. The molecule has 2 aromatic carbocycles. The zero-order chi connectivity index (χ0) is 29.7. The number of nitrogens with zero attached hydrogens (tertiary/aromatic N) is 2. The highest BCUT2D eigenvalue weighted by atomic mass is 32.2. The Balaban J connectivity index is 1.59. The van der Waals surface area contributed by atoms with Crippen molar-refractivity contribution in [1.29, 1.82) is 0 Å². The van der Waals surface area contributed by atoms with Crippen LogP contribution in [-0.4, -0.2) is 80.2 Å². The van der Waals surface area contributed by atoms with Crippen molar-refractivity contribution in [2.24, 2.45) is 5.92 Å². The van der Waals surface area contributed by atoms with Crippen LogP contribution in [0.25, 0.3) is 0 Å². The second-order valence-corrected chi connectivity index (χ2v) is 12.7. The Morgan fingerprint density at radius 2 is 1.85 bits per heavy atom. The number of hydrogen-bond acceptors (Lipinski definition) is 6. The SMILES string of the molecule is C[C@@H]1CN([C@H](C)CO)C(=O)c2cc(NS(=O)(=O)c3ccc(F)cc3)ccc2O[C@@H]1CN(C)C(=O)NC1CCCCC1. The second kappa shape index (κ2) is 13.1. The summed E-state index contributed by atoms with van der Waals surface area (Å²) < 4.78 is 47.9. The molecule has 0 bridgehead atoms. The fraction of sp³-hybridized carbons (Fsp3) is 0.517. The maximum absolute atomic E-state index is 13.7. The number of anilines is 1. The van der Waals surface area contributed by atoms with E-state index in [1.54, 1.807) is 23.8 Å². The highest BCUT2D eigenvalue weighted by Gasteiger charge is 2.34. The molecule has 3 amide bonds. The van der Waals surface area contributed by atoms with Gasteiger partial charge in [0.25, 0.3) is 15.9 Å². The van der Waals surface area contributed by atoms with Crippen molar-refractivity contribution in [3.63, 3.8) is 0 Å². The fourth-order valence-electron chi connectivity index (χ4n) is 5.22. The number of hydrogen-bond donors (Lipinski definition) is 3. The minimum atomic E-state index is -4.06. The molecule has 1 fully saturated rings. The van der Waals surface area contributed by atoms with Gasteiger partial charge in [-0.1, -0.05) is 26.2 Å². The van der Waals surface area contributed by atoms with Crippen LogP contribution in [0.3, 0.4) is 0 Å². The number of fused-ring (bicyclic) bond motifs is 1. The first-order valence-corrected chi connectivity index (χ1v) is 15.5. The van der Waals surface area contributed by atoms with Gasteiger partial charge in [0.2, 0.25) is 0 Å². The minimum Gasteiger partial charge on any atom is -0.487 e. The van der Waals surface area contributed by atoms with Gasteiger partial charge in [-0.3, -0.25) is 9.52 Å². The van der Waals surface area contributed by atoms with Crippen molar-refractivity contribution in [3.05, 3.63) is 53.8 Å². The number of sulfonamides is 1. The molecule has 41 heavy (non-hydrogen) atoms. The quantitative estimate of drug-likeness (QED) is 0.429. The van der Waals surface area contributed by atoms with Gasteiger partial charge in [-0.2, -0.15) is 0 Å². The summed E-state index contributed by atoms with van der Waals surface area (Å²) in [5.74, 6) is -0.931. The zero-order valence-corrected chi connectivity index (χ0v) is 24.5. The van der Waals surface area contributed by atoms with Crippen molar-refractivity contribution in [3.8, 4) is 5.75 Å². The molecule has 0 spiro atoms. The second-order valence-electron chi connectivity index (χ2n) is 11.1. The van der Waals surface area contributed by atoms with Crippen LogP contribution in [0.4, 0.5) is 14.9 Å². The molecule has 0 radical (unpaired) electrons. The molecule has 1 heterocycles. The van der Waals surface area contributed by atoms with Crippen LogP contribution in [-0.2, 0) is 10.0 Å². The molecule has 3 N–H and O–H groups in total. The van der Waals surface area contributed by atoms with Crippen LogP contribution in [0, 0.1) is 11.7 Å². The average molecular weight is 591 g/mol. The van der Waals surface area contributed by atoms with Gasteiger partial charge in [0, 0.05) is 31.2 Å². The van der Waals surface area contributed by atoms with E-state index in [2.05, 4.69) is 10.0 Å². The van der Waals surface area contributed by atoms with Crippen LogP contribution in [0.15, 0.2) is 47.4 Å². The molecule has 0 saturated heterocycles. The van der Waals surface area contributed by atoms with Crippen molar-refractivity contribution < 1.29 is 32.2 Å². The van der Waals surface area contributed by atoms with Crippen molar-refractivity contribution in [2.75, 3.05) is 31.5 Å². The smallest absolute Gasteiger partial charge is 0.317 e. The average Bonchev–Trinajstić information content (AvgIpc) is 2.95. The Hall–Kier alpha value is -3.38. The summed E-state index contributed by atoms with van der Waals surface area (Å²) in [4.78, 5) is 29.6. The molecule has 10 nitrogen and oxygen atoms in total. The number of halogens is 1. The fourth-order valence-corrected chi connectivity index (χ4v) is 6.27. The number of aliphatic hydroxyl groups is 1. The molecule has 224 valence electrons. The van der Waals surface area contributed by atoms with E-state index in [0.717, 1.165) is 49.9 Å². The number of carbonyl (C=O) groups excluding carboxylic acids is 2. The van der Waals surface area contributed by atoms with Gasteiger partial charge in [-0.25, -0.2) is 17.6 Å². The number of likely N-dealkylation sites (N-methyl/N-ethyl adjacent to an activating group) is 1. The van der Waals surface area contributed by atoms with Gasteiger partial charge in [-0.05, 0) is 62.2 Å². The minimum absolute atomic E-state index is 0.121. The van der Waals surface area contributed by atoms with Gasteiger partial charge in [0.1, 0.15) is 17.7 Å². The van der Waals surface area contributed by atoms with Gasteiger partial charge in [0.15, 0.2) is 0 Å². The Morgan fingerprint density at radius 1 is 1.17 bits per heavy atom. The van der Waals surface area contributed by atoms with Crippen LogP contribution in [0.1, 0.15) is 56.3 Å². The molecule has 1 aliphatic carbocycles. The molecule has 2 aliphatic rings. The summed E-state index contributed by atoms with van der Waals surface area (Å²) >= 11 is 0. The van der Waals surface area contributed by atoms with Gasteiger partial charge in [0.05, 0.1) is 29.7 Å². The largest absolute Gasteiger partial charge is 0.487 e. The lowest BCUT2D eigenvalue weighted by atomic mass is 9.96. The topological polar surface area (TPSA) is 128 Å². The number of aliphatic hydroxyl groups excluding tert-OH is 1. The Labute approximate surface area is 240 Å². The first kappa shape index (κ1) is 30.6. The first-order chi connectivity index (χ1) is 19.5. The number of nitrogens with one attached hydrogen (secondary N) is 2. The predicted molar refractivity (Wildman–Crippen MR) is 153 cm³/mol. The number of urea groups is 1. The molecule has 0 aromatic heterocycles. The highest BCUT2D eigenvalue weighted by Crippen LogP contribution is 2.31. The lowest BCUT2D eigenvalue weighted by Crippen LogP contribution is -2.52. The number of ether oxygens (including phenoxy) is 1. The van der Waals surface area contributed by atoms with Crippen LogP contribution in [0.2, 0.25) is 0 Å². The van der Waals surface area contributed by atoms with Gasteiger partial charge < -0.3 is 25.0 Å². The standard InChI is InChI=1S/C29H39FN4O6S/c1-19-16-34(20(2)18-35)28(36)25-15-23(32-41(38,39)24-12-9-21(30)10-13-24)11-14-26(25)40-27(19)17-33(3)29(37)31-22-7-5-4-6-8-22/h9-15,19-20,22,27,32,35H,4-8,16-18H2,1-3H3,(H,31,37)/t19-,20-,27-/m1/s1. The third-order valence-electron chi connectivity index (χ3n) is 7.77. The van der Waals surface area contributed by atoms with E-state index in [-0.39, 0.29) is 59.6 Å². The van der Waals surface area contributed by atoms with Crippen LogP contribution < -0.4 is 14.8 Å². The number of benzene rings is 2. The van der Waals surface area contributed by atoms with Crippen LogP contribution in [0.5, 0.6) is 5.75 Å². The molecule has 1 aliphatic heterocycles. The van der Waals surface area contributed by atoms with E-state index in [4.69, 9.17) is 4.74 Å². The third-order valence-corrected chi connectivity index (χ3v) is 9.17. The summed E-state index contributed by atoms with van der Waals surface area (Å²) in [5, 5.41) is 13.0. The summed E-state index contributed by atoms with van der Waals surface area (Å²) in [6.45, 7) is 3.91. The summed E-state index contributed by atoms with van der Waals surface area (Å²) in [7, 11) is -2.35. The summed E-state index contributed by atoms with van der Waals surface area (Å²) in [5.41, 5.74) is 0.242. The first-order valence-electron chi connectivity index (χ1n) is 14.0. The normalized spacial score (nSPS) is 20.7. The lowest BCUT2D eigenvalue weighted by Gasteiger charge is -2.38. The molecule has 3 atom stereocenters. The monoisotopic (exact) mass is 590 g/mol. The van der Waals surface area contributed by atoms with Gasteiger partial charge >= 0.3 is 6.03 Å². The number of carbonyl (C=O) groups is 2. The van der Waals surface area contributed by atoms with Crippen molar-refractivity contribution in [2.45, 2.75) is 69.0 Å². The van der Waals surface area contributed by atoms with E-state index >= 15 is 0 Å². The van der Waals surface area contributed by atoms with E-state index < -0.39 is 33.9 Å². The maximum atomic E-state index is 13.7. The zero-order valence-electron chi connectivity index (χ0n) is 23.7. The molecule has 0 unspecified atom stereocenters. The number of rotatable bonds is 8. The summed E-state index contributed by atoms with van der Waals surface area (Å²) in [6, 6.07) is 8.26. The van der Waals surface area contributed by atoms with E-state index in [0.29, 0.717) is 0 Å². The molecular formula is C29H39FN4O6S. The van der Waals surface area contributed by atoms with Crippen LogP contribution >= 0.6 is 0 Å². The van der Waals surface area contributed by atoms with Crippen molar-refractivity contribution >= 4 is 27.6 Å². The highest BCUT2D eigenvalue weighted by molar-refractivity contribution is 7.92. The lowest BCUT2D eigenvalue weighted by molar-refractivity contribution is 0.0366. The molecular weight excluding hydrogens is 551 g/mol. The van der Waals surface area contributed by atoms with E-state index in [9.17, 15) is 27.5 Å². The maximum Gasteiger partial charge on any atom is 0.317 e. The van der Waals surface area contributed by atoms with E-state index in [1.807, 2.05) is 6.92 Å².